The summed E-state index contributed by atoms with van der Waals surface area (Å²) < 4.78 is 11.0. The zero-order chi connectivity index (χ0) is 18.4. The molecule has 0 bridgehead atoms. The number of morpholine rings is 1. The second kappa shape index (κ2) is 9.08. The number of hydrogen-bond donors (Lipinski definition) is 0. The Hall–Kier alpha value is -2.01. The zero-order valence-electron chi connectivity index (χ0n) is 14.2. The van der Waals surface area contributed by atoms with Crippen LogP contribution in [0, 0.1) is 0 Å². The molecule has 0 unspecified atom stereocenters. The van der Waals surface area contributed by atoms with E-state index in [1.807, 2.05) is 30.3 Å². The molecule has 4 nitrogen and oxygen atoms in total. The molecule has 1 saturated heterocycles. The van der Waals surface area contributed by atoms with Gasteiger partial charge in [-0.05, 0) is 35.9 Å². The van der Waals surface area contributed by atoms with E-state index >= 15 is 0 Å². The van der Waals surface area contributed by atoms with Crippen molar-refractivity contribution in [3.05, 3.63) is 69.7 Å². The highest BCUT2D eigenvalue weighted by Gasteiger charge is 2.13. The number of carbonyl (C=O) groups excluding carboxylic acids is 1. The van der Waals surface area contributed by atoms with Crippen LogP contribution in [0.5, 0.6) is 5.75 Å². The van der Waals surface area contributed by atoms with Gasteiger partial charge in [-0.3, -0.25) is 4.79 Å². The highest BCUT2D eigenvalue weighted by molar-refractivity contribution is 6.35. The van der Waals surface area contributed by atoms with Crippen LogP contribution < -0.4 is 4.74 Å². The topological polar surface area (TPSA) is 38.8 Å². The van der Waals surface area contributed by atoms with E-state index in [-0.39, 0.29) is 5.91 Å². The van der Waals surface area contributed by atoms with Gasteiger partial charge in [-0.1, -0.05) is 41.4 Å². The zero-order valence-corrected chi connectivity index (χ0v) is 15.7. The summed E-state index contributed by atoms with van der Waals surface area (Å²) in [6.07, 6.45) is 3.40. The van der Waals surface area contributed by atoms with E-state index in [9.17, 15) is 4.79 Å². The van der Waals surface area contributed by atoms with E-state index in [1.165, 1.54) is 0 Å². The third kappa shape index (κ3) is 5.24. The Morgan fingerprint density at radius 2 is 1.85 bits per heavy atom. The van der Waals surface area contributed by atoms with Crippen LogP contribution in [-0.4, -0.2) is 37.1 Å². The number of rotatable bonds is 5. The van der Waals surface area contributed by atoms with Gasteiger partial charge in [0.15, 0.2) is 0 Å². The third-order valence-electron chi connectivity index (χ3n) is 4.03. The molecule has 3 rings (SSSR count). The fraction of sp³-hybridized carbons (Fsp3) is 0.250. The molecule has 136 valence electrons. The van der Waals surface area contributed by atoms with E-state index in [4.69, 9.17) is 32.7 Å². The molecule has 0 N–H and O–H groups in total. The number of nitrogens with zero attached hydrogens (tertiary/aromatic N) is 1. The number of ether oxygens (including phenoxy) is 2. The van der Waals surface area contributed by atoms with Gasteiger partial charge in [0.1, 0.15) is 12.4 Å². The molecule has 1 fully saturated rings. The lowest BCUT2D eigenvalue weighted by molar-refractivity contribution is -0.129. The van der Waals surface area contributed by atoms with Gasteiger partial charge >= 0.3 is 0 Å². The Kier molecular flexibility index (Phi) is 6.56. The predicted octanol–water partition coefficient (Wildman–Crippen LogP) is 4.44. The molecule has 2 aromatic rings. The van der Waals surface area contributed by atoms with Crippen molar-refractivity contribution in [3.63, 3.8) is 0 Å². The molecule has 26 heavy (non-hydrogen) atoms. The maximum atomic E-state index is 12.1. The quantitative estimate of drug-likeness (QED) is 0.706. The van der Waals surface area contributed by atoms with Gasteiger partial charge in [-0.15, -0.1) is 0 Å². The lowest BCUT2D eigenvalue weighted by atomic mass is 10.2. The number of hydrogen-bond acceptors (Lipinski definition) is 3. The van der Waals surface area contributed by atoms with Crippen LogP contribution in [0.25, 0.3) is 6.08 Å². The first kappa shape index (κ1) is 18.8. The normalized spacial score (nSPS) is 14.6. The minimum absolute atomic E-state index is 0.00556. The van der Waals surface area contributed by atoms with E-state index in [1.54, 1.807) is 29.2 Å². The van der Waals surface area contributed by atoms with Crippen molar-refractivity contribution in [2.45, 2.75) is 6.61 Å². The Labute approximate surface area is 162 Å². The highest BCUT2D eigenvalue weighted by atomic mass is 35.5. The number of amides is 1. The van der Waals surface area contributed by atoms with Crippen molar-refractivity contribution >= 4 is 35.2 Å². The molecule has 2 aromatic carbocycles. The molecular weight excluding hydrogens is 373 g/mol. The van der Waals surface area contributed by atoms with Crippen LogP contribution in [0.3, 0.4) is 0 Å². The SMILES string of the molecule is O=C(C=Cc1ccc(OCc2ccc(Cl)cc2Cl)cc1)N1CCOCC1. The third-order valence-corrected chi connectivity index (χ3v) is 4.62. The number of benzene rings is 2. The van der Waals surface area contributed by atoms with Gasteiger partial charge in [-0.2, -0.15) is 0 Å². The second-order valence-electron chi connectivity index (χ2n) is 5.86. The molecule has 1 aliphatic rings. The van der Waals surface area contributed by atoms with E-state index < -0.39 is 0 Å². The van der Waals surface area contributed by atoms with Crippen molar-refractivity contribution < 1.29 is 14.3 Å². The van der Waals surface area contributed by atoms with E-state index in [0.29, 0.717) is 43.0 Å². The van der Waals surface area contributed by atoms with Crippen molar-refractivity contribution in [3.8, 4) is 5.75 Å². The lowest BCUT2D eigenvalue weighted by Crippen LogP contribution is -2.39. The summed E-state index contributed by atoms with van der Waals surface area (Å²) in [7, 11) is 0. The summed E-state index contributed by atoms with van der Waals surface area (Å²) in [5.41, 5.74) is 1.81. The van der Waals surface area contributed by atoms with Crippen LogP contribution in [0.1, 0.15) is 11.1 Å². The summed E-state index contributed by atoms with van der Waals surface area (Å²) in [6.45, 7) is 2.85. The lowest BCUT2D eigenvalue weighted by Gasteiger charge is -2.25. The Morgan fingerprint density at radius 1 is 1.12 bits per heavy atom. The first-order valence-corrected chi connectivity index (χ1v) is 9.09. The maximum Gasteiger partial charge on any atom is 0.246 e. The standard InChI is InChI=1S/C20H19Cl2NO3/c21-17-5-4-16(19(22)13-17)14-26-18-6-1-15(2-7-18)3-8-20(24)23-9-11-25-12-10-23/h1-8,13H,9-12,14H2. The van der Waals surface area contributed by atoms with Gasteiger partial charge in [0.05, 0.1) is 13.2 Å². The van der Waals surface area contributed by atoms with Gasteiger partial charge < -0.3 is 14.4 Å². The highest BCUT2D eigenvalue weighted by Crippen LogP contribution is 2.23. The van der Waals surface area contributed by atoms with Crippen molar-refractivity contribution in [2.24, 2.45) is 0 Å². The molecule has 0 spiro atoms. The molecule has 0 radical (unpaired) electrons. The minimum atomic E-state index is 0.00556. The van der Waals surface area contributed by atoms with Crippen molar-refractivity contribution in [1.29, 1.82) is 0 Å². The summed E-state index contributed by atoms with van der Waals surface area (Å²) >= 11 is 12.0. The van der Waals surface area contributed by atoms with Crippen LogP contribution in [-0.2, 0) is 16.1 Å². The van der Waals surface area contributed by atoms with E-state index in [0.717, 1.165) is 16.9 Å². The van der Waals surface area contributed by atoms with Crippen molar-refractivity contribution in [1.82, 2.24) is 4.90 Å². The monoisotopic (exact) mass is 391 g/mol. The minimum Gasteiger partial charge on any atom is -0.489 e. The first-order chi connectivity index (χ1) is 12.6. The number of halogens is 2. The van der Waals surface area contributed by atoms with Gasteiger partial charge in [-0.25, -0.2) is 0 Å². The molecule has 6 heteroatoms. The van der Waals surface area contributed by atoms with Gasteiger partial charge in [0.25, 0.3) is 0 Å². The smallest absolute Gasteiger partial charge is 0.246 e. The first-order valence-electron chi connectivity index (χ1n) is 8.33. The van der Waals surface area contributed by atoms with Crippen LogP contribution >= 0.6 is 23.2 Å². The summed E-state index contributed by atoms with van der Waals surface area (Å²) in [5.74, 6) is 0.735. The van der Waals surface area contributed by atoms with Gasteiger partial charge in [0, 0.05) is 34.8 Å². The molecule has 0 aromatic heterocycles. The second-order valence-corrected chi connectivity index (χ2v) is 6.71. The van der Waals surface area contributed by atoms with Crippen LogP contribution in [0.4, 0.5) is 0 Å². The summed E-state index contributed by atoms with van der Waals surface area (Å²) in [4.78, 5) is 13.9. The average Bonchev–Trinajstić information content (AvgIpc) is 2.67. The Bertz CT molecular complexity index is 784. The van der Waals surface area contributed by atoms with Crippen LogP contribution in [0.15, 0.2) is 48.5 Å². The average molecular weight is 392 g/mol. The van der Waals surface area contributed by atoms with E-state index in [2.05, 4.69) is 0 Å². The molecule has 0 saturated carbocycles. The largest absolute Gasteiger partial charge is 0.489 e. The molecule has 1 heterocycles. The van der Waals surface area contributed by atoms with Gasteiger partial charge in [0.2, 0.25) is 5.91 Å². The molecule has 1 amide bonds. The summed E-state index contributed by atoms with van der Waals surface area (Å²) in [5, 5.41) is 1.18. The molecule has 0 atom stereocenters. The Morgan fingerprint density at radius 3 is 2.54 bits per heavy atom. The maximum absolute atomic E-state index is 12.1. The number of carbonyl (C=O) groups is 1. The predicted molar refractivity (Wildman–Crippen MR) is 104 cm³/mol. The van der Waals surface area contributed by atoms with Crippen LogP contribution in [0.2, 0.25) is 10.0 Å². The Balaban J connectivity index is 1.54. The fourth-order valence-corrected chi connectivity index (χ4v) is 2.99. The molecule has 0 aliphatic carbocycles. The molecular formula is C20H19Cl2NO3. The fourth-order valence-electron chi connectivity index (χ4n) is 2.53. The molecule has 1 aliphatic heterocycles. The summed E-state index contributed by atoms with van der Waals surface area (Å²) in [6, 6.07) is 12.9. The van der Waals surface area contributed by atoms with Crippen molar-refractivity contribution in [2.75, 3.05) is 26.3 Å².